The predicted octanol–water partition coefficient (Wildman–Crippen LogP) is 8.48. The van der Waals surface area contributed by atoms with E-state index in [0.717, 1.165) is 6.07 Å². The number of ketones is 1. The van der Waals surface area contributed by atoms with Gasteiger partial charge in [0.25, 0.3) is 11.8 Å². The van der Waals surface area contributed by atoms with E-state index in [0.29, 0.717) is 41.5 Å². The van der Waals surface area contributed by atoms with Crippen molar-refractivity contribution in [2.75, 3.05) is 18.1 Å². The number of alkyl halides is 2. The Labute approximate surface area is 223 Å². The minimum absolute atomic E-state index is 0.0276. The number of ether oxygens (including phenoxy) is 1. The summed E-state index contributed by atoms with van der Waals surface area (Å²) in [4.78, 5) is 26.7. The van der Waals surface area contributed by atoms with E-state index in [4.69, 9.17) is 27.9 Å². The molecule has 37 heavy (non-hydrogen) atoms. The van der Waals surface area contributed by atoms with E-state index in [1.807, 2.05) is 6.92 Å². The summed E-state index contributed by atoms with van der Waals surface area (Å²) >= 11 is 12.5. The van der Waals surface area contributed by atoms with Crippen LogP contribution in [0, 0.1) is 5.82 Å². The number of amides is 1. The second-order valence-corrected chi connectivity index (χ2v) is 9.51. The number of anilines is 1. The molecule has 1 amide bonds. The molecular weight excluding hydrogens is 526 g/mol. The monoisotopic (exact) mass is 551 g/mol. The molecule has 3 aromatic rings. The Hall–Kier alpha value is -3.03. The predicted molar refractivity (Wildman–Crippen MR) is 141 cm³/mol. The standard InChI is InChI=1S/C28H26Cl2F3NO3/c1-4-5-13-34(27(36)26-22(30)7-6-8-23(26)31)24-12-10-19(15-25(24)37-16-28(3,32)33)20-14-18(17(2)35)9-11-21(20)29/h6-12,14-15H,4-5,13,16H2,1-3H3. The number of unbranched alkanes of at least 4 members (excludes halogenated alkanes) is 1. The summed E-state index contributed by atoms with van der Waals surface area (Å²) in [5.74, 6) is -4.89. The first-order valence-electron chi connectivity index (χ1n) is 11.6. The van der Waals surface area contributed by atoms with Crippen LogP contribution in [0.4, 0.5) is 18.9 Å². The first-order valence-corrected chi connectivity index (χ1v) is 12.4. The van der Waals surface area contributed by atoms with E-state index in [9.17, 15) is 22.8 Å². The zero-order valence-corrected chi connectivity index (χ0v) is 22.1. The summed E-state index contributed by atoms with van der Waals surface area (Å²) in [7, 11) is 0. The van der Waals surface area contributed by atoms with Crippen LogP contribution in [0.1, 0.15) is 54.3 Å². The number of benzene rings is 3. The Morgan fingerprint density at radius 1 is 1.03 bits per heavy atom. The van der Waals surface area contributed by atoms with Crippen LogP contribution in [0.25, 0.3) is 11.1 Å². The topological polar surface area (TPSA) is 46.6 Å². The van der Waals surface area contributed by atoms with Crippen LogP contribution in [0.3, 0.4) is 0 Å². The Balaban J connectivity index is 2.17. The van der Waals surface area contributed by atoms with Crippen LogP contribution in [0.5, 0.6) is 5.75 Å². The van der Waals surface area contributed by atoms with Gasteiger partial charge in [-0.05, 0) is 61.4 Å². The molecule has 0 aromatic heterocycles. The Kier molecular flexibility index (Phi) is 9.26. The molecule has 3 rings (SSSR count). The molecule has 0 atom stereocenters. The number of Topliss-reactive ketones (excluding diaryl/α,β-unsaturated/α-hetero) is 1. The van der Waals surface area contributed by atoms with E-state index < -0.39 is 24.3 Å². The van der Waals surface area contributed by atoms with Crippen LogP contribution in [-0.4, -0.2) is 30.8 Å². The van der Waals surface area contributed by atoms with Gasteiger partial charge < -0.3 is 9.64 Å². The lowest BCUT2D eigenvalue weighted by Gasteiger charge is -2.27. The molecule has 196 valence electrons. The SMILES string of the molecule is CCCCN(C(=O)c1c(F)cccc1Cl)c1ccc(-c2cc(C(C)=O)ccc2Cl)cc1OCC(C)(F)F. The minimum atomic E-state index is -3.16. The van der Waals surface area contributed by atoms with E-state index in [-0.39, 0.29) is 34.4 Å². The van der Waals surface area contributed by atoms with Crippen molar-refractivity contribution in [3.63, 3.8) is 0 Å². The lowest BCUT2D eigenvalue weighted by Crippen LogP contribution is -2.33. The molecule has 0 spiro atoms. The van der Waals surface area contributed by atoms with E-state index in [2.05, 4.69) is 0 Å². The molecule has 0 fully saturated rings. The molecule has 0 unspecified atom stereocenters. The summed E-state index contributed by atoms with van der Waals surface area (Å²) in [5, 5.41) is 0.264. The van der Waals surface area contributed by atoms with Gasteiger partial charge in [-0.1, -0.05) is 48.7 Å². The highest BCUT2D eigenvalue weighted by Crippen LogP contribution is 2.38. The van der Waals surface area contributed by atoms with Crippen LogP contribution in [0.2, 0.25) is 10.0 Å². The number of halogens is 5. The maximum Gasteiger partial charge on any atom is 0.278 e. The van der Waals surface area contributed by atoms with Crippen LogP contribution in [-0.2, 0) is 0 Å². The van der Waals surface area contributed by atoms with E-state index in [1.54, 1.807) is 24.3 Å². The normalized spacial score (nSPS) is 11.4. The van der Waals surface area contributed by atoms with Gasteiger partial charge in [-0.25, -0.2) is 13.2 Å². The van der Waals surface area contributed by atoms with Gasteiger partial charge in [-0.3, -0.25) is 9.59 Å². The molecule has 4 nitrogen and oxygen atoms in total. The van der Waals surface area contributed by atoms with Crippen molar-refractivity contribution in [1.82, 2.24) is 0 Å². The third kappa shape index (κ3) is 7.05. The molecular formula is C28H26Cl2F3NO3. The molecule has 0 heterocycles. The molecule has 0 bridgehead atoms. The van der Waals surface area contributed by atoms with Crippen LogP contribution >= 0.6 is 23.2 Å². The highest BCUT2D eigenvalue weighted by molar-refractivity contribution is 6.34. The summed E-state index contributed by atoms with van der Waals surface area (Å²) < 4.78 is 47.7. The number of carbonyl (C=O) groups is 2. The number of hydrogen-bond acceptors (Lipinski definition) is 3. The zero-order chi connectivity index (χ0) is 27.3. The lowest BCUT2D eigenvalue weighted by atomic mass is 10.0. The summed E-state index contributed by atoms with van der Waals surface area (Å²) in [5.41, 5.74) is 1.23. The van der Waals surface area contributed by atoms with Crippen molar-refractivity contribution in [1.29, 1.82) is 0 Å². The average Bonchev–Trinajstić information content (AvgIpc) is 2.83. The van der Waals surface area contributed by atoms with Gasteiger partial charge in [0.05, 0.1) is 16.3 Å². The molecule has 0 aliphatic rings. The number of carbonyl (C=O) groups excluding carboxylic acids is 2. The molecule has 3 aromatic carbocycles. The Morgan fingerprint density at radius 2 is 1.76 bits per heavy atom. The molecule has 0 saturated carbocycles. The Bertz CT molecular complexity index is 1290. The average molecular weight is 552 g/mol. The fraction of sp³-hybridized carbons (Fsp3) is 0.286. The largest absolute Gasteiger partial charge is 0.485 e. The highest BCUT2D eigenvalue weighted by atomic mass is 35.5. The molecule has 0 aliphatic heterocycles. The molecule has 9 heteroatoms. The molecule has 0 saturated heterocycles. The third-order valence-electron chi connectivity index (χ3n) is 5.57. The number of hydrogen-bond donors (Lipinski definition) is 0. The van der Waals surface area contributed by atoms with Crippen LogP contribution < -0.4 is 9.64 Å². The van der Waals surface area contributed by atoms with Crippen molar-refractivity contribution < 1.29 is 27.5 Å². The summed E-state index contributed by atoms with van der Waals surface area (Å²) in [6, 6.07) is 13.3. The summed E-state index contributed by atoms with van der Waals surface area (Å²) in [6.45, 7) is 3.25. The van der Waals surface area contributed by atoms with Gasteiger partial charge in [-0.15, -0.1) is 0 Å². The van der Waals surface area contributed by atoms with Gasteiger partial charge in [-0.2, -0.15) is 0 Å². The van der Waals surface area contributed by atoms with E-state index >= 15 is 0 Å². The molecule has 0 radical (unpaired) electrons. The number of rotatable bonds is 10. The van der Waals surface area contributed by atoms with Crippen molar-refractivity contribution >= 4 is 40.6 Å². The van der Waals surface area contributed by atoms with E-state index in [1.165, 1.54) is 36.1 Å². The second kappa shape index (κ2) is 12.0. The van der Waals surface area contributed by atoms with Crippen LogP contribution in [0.15, 0.2) is 54.6 Å². The van der Waals surface area contributed by atoms with Crippen molar-refractivity contribution in [2.45, 2.75) is 39.5 Å². The lowest BCUT2D eigenvalue weighted by molar-refractivity contribution is -0.0227. The van der Waals surface area contributed by atoms with Gasteiger partial charge in [0, 0.05) is 29.6 Å². The maximum absolute atomic E-state index is 14.6. The van der Waals surface area contributed by atoms with Gasteiger partial charge >= 0.3 is 0 Å². The van der Waals surface area contributed by atoms with Gasteiger partial charge in [0.2, 0.25) is 0 Å². The maximum atomic E-state index is 14.6. The summed E-state index contributed by atoms with van der Waals surface area (Å²) in [6.07, 6.45) is 1.26. The first kappa shape index (κ1) is 28.5. The van der Waals surface area contributed by atoms with Crippen molar-refractivity contribution in [2.24, 2.45) is 0 Å². The minimum Gasteiger partial charge on any atom is -0.485 e. The quantitative estimate of drug-likeness (QED) is 0.237. The fourth-order valence-corrected chi connectivity index (χ4v) is 4.15. The third-order valence-corrected chi connectivity index (χ3v) is 6.22. The molecule has 0 aliphatic carbocycles. The fourth-order valence-electron chi connectivity index (χ4n) is 3.67. The van der Waals surface area contributed by atoms with Gasteiger partial charge in [0.1, 0.15) is 11.6 Å². The zero-order valence-electron chi connectivity index (χ0n) is 20.6. The second-order valence-electron chi connectivity index (χ2n) is 8.70. The highest BCUT2D eigenvalue weighted by Gasteiger charge is 2.28. The number of nitrogens with zero attached hydrogens (tertiary/aromatic N) is 1. The van der Waals surface area contributed by atoms with Crippen molar-refractivity contribution in [3.8, 4) is 16.9 Å². The smallest absolute Gasteiger partial charge is 0.278 e. The first-order chi connectivity index (χ1) is 17.4. The Morgan fingerprint density at radius 3 is 2.38 bits per heavy atom. The van der Waals surface area contributed by atoms with Crippen molar-refractivity contribution in [3.05, 3.63) is 81.6 Å². The van der Waals surface area contributed by atoms with Gasteiger partial charge in [0.15, 0.2) is 12.4 Å². The molecule has 0 N–H and O–H groups in total.